The highest BCUT2D eigenvalue weighted by atomic mass is 16.1. The van der Waals surface area contributed by atoms with Gasteiger partial charge in [-0.1, -0.05) is 31.8 Å². The maximum atomic E-state index is 11.5. The van der Waals surface area contributed by atoms with E-state index in [-0.39, 0.29) is 5.56 Å². The molecule has 0 fully saturated rings. The van der Waals surface area contributed by atoms with E-state index in [9.17, 15) is 4.79 Å². The molecule has 0 aromatic carbocycles. The average Bonchev–Trinajstić information content (AvgIpc) is 2.35. The highest BCUT2D eigenvalue weighted by Crippen LogP contribution is 1.97. The van der Waals surface area contributed by atoms with Crippen LogP contribution in [0.4, 0.5) is 0 Å². The van der Waals surface area contributed by atoms with Gasteiger partial charge in [-0.05, 0) is 12.5 Å². The quantitative estimate of drug-likeness (QED) is 0.586. The van der Waals surface area contributed by atoms with Crippen LogP contribution in [0.5, 0.6) is 0 Å². The molecule has 17 heavy (non-hydrogen) atoms. The summed E-state index contributed by atoms with van der Waals surface area (Å²) >= 11 is 0. The van der Waals surface area contributed by atoms with Crippen LogP contribution in [0.3, 0.4) is 0 Å². The van der Waals surface area contributed by atoms with Crippen molar-refractivity contribution in [1.82, 2.24) is 4.57 Å². The summed E-state index contributed by atoms with van der Waals surface area (Å²) in [6, 6.07) is 6.65. The highest BCUT2D eigenvalue weighted by molar-refractivity contribution is 5.22. The number of hydrogen-bond acceptors (Lipinski definition) is 2. The van der Waals surface area contributed by atoms with Crippen LogP contribution in [-0.4, -0.2) is 4.57 Å². The Hall–Kier alpha value is -2.00. The van der Waals surface area contributed by atoms with Crippen molar-refractivity contribution >= 4 is 0 Å². The van der Waals surface area contributed by atoms with Gasteiger partial charge in [0.2, 0.25) is 0 Å². The molecular weight excluding hydrogens is 212 g/mol. The van der Waals surface area contributed by atoms with Gasteiger partial charge in [0.25, 0.3) is 5.56 Å². The zero-order valence-electron chi connectivity index (χ0n) is 10.1. The molecule has 0 amide bonds. The Bertz CT molecular complexity index is 511. The zero-order valence-corrected chi connectivity index (χ0v) is 10.1. The van der Waals surface area contributed by atoms with Crippen molar-refractivity contribution in [3.63, 3.8) is 0 Å². The fourth-order valence-electron chi connectivity index (χ4n) is 1.47. The molecule has 0 radical (unpaired) electrons. The number of unbranched alkanes of at least 4 members (excludes halogenated alkanes) is 3. The maximum absolute atomic E-state index is 11.5. The van der Waals surface area contributed by atoms with E-state index >= 15 is 0 Å². The van der Waals surface area contributed by atoms with Crippen LogP contribution in [0.2, 0.25) is 0 Å². The van der Waals surface area contributed by atoms with Gasteiger partial charge in [-0.3, -0.25) is 9.36 Å². The third kappa shape index (κ3) is 4.17. The van der Waals surface area contributed by atoms with Crippen LogP contribution in [0, 0.1) is 23.2 Å². The molecule has 0 saturated carbocycles. The minimum absolute atomic E-state index is 0.174. The van der Waals surface area contributed by atoms with Crippen LogP contribution in [-0.2, 0) is 6.54 Å². The summed E-state index contributed by atoms with van der Waals surface area (Å²) in [5, 5.41) is 8.86. The van der Waals surface area contributed by atoms with Crippen LogP contribution in [0.1, 0.15) is 38.3 Å². The van der Waals surface area contributed by atoms with Crippen LogP contribution in [0.25, 0.3) is 0 Å². The van der Waals surface area contributed by atoms with Crippen molar-refractivity contribution in [2.24, 2.45) is 0 Å². The highest BCUT2D eigenvalue weighted by Gasteiger charge is 1.99. The van der Waals surface area contributed by atoms with Gasteiger partial charge in [-0.2, -0.15) is 5.26 Å². The standard InChI is InChI=1S/C14H16N2O/c1-2-3-4-5-6-7-11-16-13(12-15)9-8-10-14(16)17/h8-10H,2-5,11H2,1H3. The molecule has 0 aliphatic carbocycles. The first-order valence-electron chi connectivity index (χ1n) is 5.85. The van der Waals surface area contributed by atoms with Crippen LogP contribution >= 0.6 is 0 Å². The predicted molar refractivity (Wildman–Crippen MR) is 67.3 cm³/mol. The van der Waals surface area contributed by atoms with E-state index in [1.165, 1.54) is 23.5 Å². The second-order valence-corrected chi connectivity index (χ2v) is 3.76. The number of nitrogens with zero attached hydrogens (tertiary/aromatic N) is 2. The Balaban J connectivity index is 2.63. The molecular formula is C14H16N2O. The van der Waals surface area contributed by atoms with Gasteiger partial charge >= 0.3 is 0 Å². The van der Waals surface area contributed by atoms with E-state index in [2.05, 4.69) is 18.8 Å². The van der Waals surface area contributed by atoms with E-state index in [0.717, 1.165) is 12.8 Å². The molecule has 3 heteroatoms. The number of aromatic nitrogens is 1. The van der Waals surface area contributed by atoms with E-state index in [4.69, 9.17) is 5.26 Å². The lowest BCUT2D eigenvalue weighted by atomic mass is 10.2. The third-order valence-corrected chi connectivity index (χ3v) is 2.43. The first-order chi connectivity index (χ1) is 8.29. The van der Waals surface area contributed by atoms with Gasteiger partial charge in [-0.15, -0.1) is 5.92 Å². The first kappa shape index (κ1) is 13.1. The smallest absolute Gasteiger partial charge is 0.252 e. The lowest BCUT2D eigenvalue weighted by molar-refractivity contribution is 0.735. The largest absolute Gasteiger partial charge is 0.288 e. The molecule has 1 rings (SSSR count). The van der Waals surface area contributed by atoms with Gasteiger partial charge in [0.1, 0.15) is 11.8 Å². The van der Waals surface area contributed by atoms with E-state index in [1.54, 1.807) is 12.1 Å². The van der Waals surface area contributed by atoms with E-state index in [1.807, 2.05) is 6.07 Å². The van der Waals surface area contributed by atoms with Gasteiger partial charge in [-0.25, -0.2) is 0 Å². The van der Waals surface area contributed by atoms with Gasteiger partial charge in [0, 0.05) is 12.5 Å². The minimum atomic E-state index is -0.174. The molecule has 1 aromatic rings. The monoisotopic (exact) mass is 228 g/mol. The summed E-state index contributed by atoms with van der Waals surface area (Å²) in [6.45, 7) is 2.45. The fourth-order valence-corrected chi connectivity index (χ4v) is 1.47. The molecule has 1 aromatic heterocycles. The summed E-state index contributed by atoms with van der Waals surface area (Å²) in [5.74, 6) is 5.97. The molecule has 0 spiro atoms. The van der Waals surface area contributed by atoms with Crippen molar-refractivity contribution in [3.8, 4) is 17.9 Å². The summed E-state index contributed by atoms with van der Waals surface area (Å²) in [5.41, 5.74) is 0.187. The van der Waals surface area contributed by atoms with Crippen LogP contribution < -0.4 is 5.56 Å². The molecule has 0 bridgehead atoms. The van der Waals surface area contributed by atoms with Crippen molar-refractivity contribution in [2.45, 2.75) is 39.2 Å². The summed E-state index contributed by atoms with van der Waals surface area (Å²) < 4.78 is 1.40. The van der Waals surface area contributed by atoms with Gasteiger partial charge in [0.15, 0.2) is 0 Å². The molecule has 0 atom stereocenters. The summed E-state index contributed by atoms with van der Waals surface area (Å²) in [6.07, 6.45) is 4.32. The fraction of sp³-hybridized carbons (Fsp3) is 0.429. The Kier molecular flexibility index (Phi) is 5.61. The molecule has 1 heterocycles. The zero-order chi connectivity index (χ0) is 12.5. The lowest BCUT2D eigenvalue weighted by Crippen LogP contribution is -2.20. The second-order valence-electron chi connectivity index (χ2n) is 3.76. The molecule has 0 unspecified atom stereocenters. The molecule has 88 valence electrons. The Morgan fingerprint density at radius 3 is 2.82 bits per heavy atom. The third-order valence-electron chi connectivity index (χ3n) is 2.43. The average molecular weight is 228 g/mol. The number of hydrogen-bond donors (Lipinski definition) is 0. The van der Waals surface area contributed by atoms with E-state index < -0.39 is 0 Å². The SMILES string of the molecule is CCCCCC#CCn1c(C#N)cccc1=O. The first-order valence-corrected chi connectivity index (χ1v) is 5.85. The molecule has 0 saturated heterocycles. The molecule has 3 nitrogen and oxygen atoms in total. The van der Waals surface area contributed by atoms with Gasteiger partial charge in [0.05, 0.1) is 6.54 Å². The number of pyridine rings is 1. The van der Waals surface area contributed by atoms with Crippen molar-refractivity contribution < 1.29 is 0 Å². The normalized spacial score (nSPS) is 9.18. The molecule has 0 aliphatic rings. The Morgan fingerprint density at radius 2 is 2.12 bits per heavy atom. The Labute approximate surface area is 102 Å². The second kappa shape index (κ2) is 7.30. The topological polar surface area (TPSA) is 45.8 Å². The minimum Gasteiger partial charge on any atom is -0.288 e. The van der Waals surface area contributed by atoms with Crippen molar-refractivity contribution in [3.05, 3.63) is 34.2 Å². The Morgan fingerprint density at radius 1 is 1.29 bits per heavy atom. The molecule has 0 aliphatic heterocycles. The predicted octanol–water partition coefficient (Wildman–Crippen LogP) is 2.30. The lowest BCUT2D eigenvalue weighted by Gasteiger charge is -2.01. The maximum Gasteiger partial charge on any atom is 0.252 e. The molecule has 0 N–H and O–H groups in total. The number of nitriles is 1. The van der Waals surface area contributed by atoms with Crippen molar-refractivity contribution in [1.29, 1.82) is 5.26 Å². The number of rotatable bonds is 4. The van der Waals surface area contributed by atoms with Crippen LogP contribution in [0.15, 0.2) is 23.0 Å². The summed E-state index contributed by atoms with van der Waals surface area (Å²) in [4.78, 5) is 11.5. The van der Waals surface area contributed by atoms with Gasteiger partial charge < -0.3 is 0 Å². The summed E-state index contributed by atoms with van der Waals surface area (Å²) in [7, 11) is 0. The van der Waals surface area contributed by atoms with E-state index in [0.29, 0.717) is 12.2 Å². The van der Waals surface area contributed by atoms with Crippen molar-refractivity contribution in [2.75, 3.05) is 0 Å².